The number of carbonyl (C=O) groups is 1. The quantitative estimate of drug-likeness (QED) is 0.789. The first-order valence-electron chi connectivity index (χ1n) is 5.93. The Morgan fingerprint density at radius 3 is 2.65 bits per heavy atom. The van der Waals surface area contributed by atoms with Crippen LogP contribution < -0.4 is 5.32 Å². The predicted molar refractivity (Wildman–Crippen MR) is 76.1 cm³/mol. The molecular formula is C14H13ClN2O3. The van der Waals surface area contributed by atoms with Crippen LogP contribution in [0.2, 0.25) is 5.02 Å². The molecule has 0 aliphatic heterocycles. The van der Waals surface area contributed by atoms with Crippen LogP contribution in [-0.4, -0.2) is 27.8 Å². The van der Waals surface area contributed by atoms with Crippen LogP contribution in [0, 0.1) is 0 Å². The molecule has 3 N–H and O–H groups in total. The van der Waals surface area contributed by atoms with E-state index < -0.39 is 5.97 Å². The van der Waals surface area contributed by atoms with E-state index in [1.807, 2.05) is 30.3 Å². The van der Waals surface area contributed by atoms with Crippen LogP contribution in [0.3, 0.4) is 0 Å². The summed E-state index contributed by atoms with van der Waals surface area (Å²) in [5.74, 6) is -0.782. The average molecular weight is 293 g/mol. The smallest absolute Gasteiger partial charge is 0.337 e. The monoisotopic (exact) mass is 292 g/mol. The van der Waals surface area contributed by atoms with Gasteiger partial charge in [-0.05, 0) is 11.6 Å². The van der Waals surface area contributed by atoms with Gasteiger partial charge in [0.25, 0.3) is 0 Å². The van der Waals surface area contributed by atoms with Gasteiger partial charge in [0.1, 0.15) is 5.82 Å². The molecule has 0 aliphatic rings. The third kappa shape index (κ3) is 3.26. The van der Waals surface area contributed by atoms with Crippen molar-refractivity contribution in [3.63, 3.8) is 0 Å². The van der Waals surface area contributed by atoms with E-state index in [0.717, 1.165) is 5.56 Å². The molecule has 0 fully saturated rings. The summed E-state index contributed by atoms with van der Waals surface area (Å²) in [6.07, 6.45) is 1.27. The Kier molecular flexibility index (Phi) is 4.55. The van der Waals surface area contributed by atoms with E-state index in [9.17, 15) is 9.90 Å². The summed E-state index contributed by atoms with van der Waals surface area (Å²) in [7, 11) is 0. The number of halogens is 1. The van der Waals surface area contributed by atoms with Crippen molar-refractivity contribution in [2.75, 3.05) is 11.9 Å². The molecule has 1 aromatic heterocycles. The number of hydrogen-bond acceptors (Lipinski definition) is 4. The summed E-state index contributed by atoms with van der Waals surface area (Å²) in [5.41, 5.74) is 0.845. The van der Waals surface area contributed by atoms with Gasteiger partial charge in [0, 0.05) is 6.20 Å². The molecule has 1 unspecified atom stereocenters. The van der Waals surface area contributed by atoms with E-state index in [0.29, 0.717) is 5.82 Å². The van der Waals surface area contributed by atoms with E-state index in [1.54, 1.807) is 0 Å². The van der Waals surface area contributed by atoms with Crippen LogP contribution in [0.15, 0.2) is 42.6 Å². The van der Waals surface area contributed by atoms with Crippen LogP contribution in [0.25, 0.3) is 0 Å². The molecule has 0 spiro atoms. The number of rotatable bonds is 5. The molecule has 0 saturated heterocycles. The van der Waals surface area contributed by atoms with Crippen molar-refractivity contribution in [3.05, 3.63) is 58.7 Å². The second-order valence-electron chi connectivity index (χ2n) is 4.14. The first-order chi connectivity index (χ1) is 9.61. The Balaban J connectivity index is 2.24. The number of carboxylic acid groups (broad SMARTS) is 1. The third-order valence-corrected chi connectivity index (χ3v) is 3.09. The number of nitrogens with one attached hydrogen (secondary N) is 1. The zero-order valence-corrected chi connectivity index (χ0v) is 11.2. The van der Waals surface area contributed by atoms with Gasteiger partial charge >= 0.3 is 5.97 Å². The van der Waals surface area contributed by atoms with Gasteiger partial charge in [0.15, 0.2) is 0 Å². The summed E-state index contributed by atoms with van der Waals surface area (Å²) in [6.45, 7) is -0.142. The lowest BCUT2D eigenvalue weighted by molar-refractivity contribution is 0.0697. The molecule has 0 aliphatic carbocycles. The summed E-state index contributed by atoms with van der Waals surface area (Å²) >= 11 is 5.76. The second-order valence-corrected chi connectivity index (χ2v) is 4.55. The van der Waals surface area contributed by atoms with Crippen molar-refractivity contribution in [1.82, 2.24) is 4.98 Å². The standard InChI is InChI=1S/C14H13ClN2O3/c15-11-7-16-13(6-10(11)14(19)20)17-12(8-18)9-4-2-1-3-5-9/h1-7,12,18H,8H2,(H,16,17)(H,19,20). The van der Waals surface area contributed by atoms with Gasteiger partial charge in [-0.3, -0.25) is 0 Å². The van der Waals surface area contributed by atoms with Gasteiger partial charge in [0.05, 0.1) is 23.2 Å². The van der Waals surface area contributed by atoms with Gasteiger partial charge in [-0.1, -0.05) is 41.9 Å². The lowest BCUT2D eigenvalue weighted by Crippen LogP contribution is -2.16. The highest BCUT2D eigenvalue weighted by Gasteiger charge is 2.14. The van der Waals surface area contributed by atoms with Crippen LogP contribution >= 0.6 is 11.6 Å². The number of hydrogen-bond donors (Lipinski definition) is 3. The SMILES string of the molecule is O=C(O)c1cc(NC(CO)c2ccccc2)ncc1Cl. The number of aliphatic hydroxyl groups excluding tert-OH is 1. The number of aromatic nitrogens is 1. The number of aromatic carboxylic acids is 1. The van der Waals surface area contributed by atoms with Crippen LogP contribution in [0.1, 0.15) is 22.0 Å². The van der Waals surface area contributed by atoms with E-state index in [-0.39, 0.29) is 23.2 Å². The van der Waals surface area contributed by atoms with Crippen LogP contribution in [-0.2, 0) is 0 Å². The van der Waals surface area contributed by atoms with Crippen molar-refractivity contribution in [1.29, 1.82) is 0 Å². The molecule has 0 saturated carbocycles. The third-order valence-electron chi connectivity index (χ3n) is 2.79. The first kappa shape index (κ1) is 14.3. The van der Waals surface area contributed by atoms with Crippen molar-refractivity contribution in [3.8, 4) is 0 Å². The zero-order valence-electron chi connectivity index (χ0n) is 10.5. The minimum atomic E-state index is -1.12. The molecule has 1 heterocycles. The second kappa shape index (κ2) is 6.36. The topological polar surface area (TPSA) is 82.5 Å². The predicted octanol–water partition coefficient (Wildman–Crippen LogP) is 2.58. The lowest BCUT2D eigenvalue weighted by Gasteiger charge is -2.17. The van der Waals surface area contributed by atoms with Gasteiger partial charge in [-0.15, -0.1) is 0 Å². The number of carboxylic acids is 1. The Hall–Kier alpha value is -2.11. The Morgan fingerprint density at radius 2 is 2.05 bits per heavy atom. The summed E-state index contributed by atoms with van der Waals surface area (Å²) in [4.78, 5) is 15.0. The van der Waals surface area contributed by atoms with Crippen molar-refractivity contribution >= 4 is 23.4 Å². The maximum absolute atomic E-state index is 11.0. The fraction of sp³-hybridized carbons (Fsp3) is 0.143. The van der Waals surface area contributed by atoms with E-state index >= 15 is 0 Å². The Morgan fingerprint density at radius 1 is 1.35 bits per heavy atom. The summed E-state index contributed by atoms with van der Waals surface area (Å²) in [6, 6.07) is 10.3. The molecule has 20 heavy (non-hydrogen) atoms. The van der Waals surface area contributed by atoms with Crippen LogP contribution in [0.5, 0.6) is 0 Å². The van der Waals surface area contributed by atoms with Crippen molar-refractivity contribution in [2.24, 2.45) is 0 Å². The lowest BCUT2D eigenvalue weighted by atomic mass is 10.1. The molecular weight excluding hydrogens is 280 g/mol. The van der Waals surface area contributed by atoms with Gasteiger partial charge < -0.3 is 15.5 Å². The fourth-order valence-electron chi connectivity index (χ4n) is 1.78. The number of anilines is 1. The number of pyridine rings is 1. The highest BCUT2D eigenvalue weighted by atomic mass is 35.5. The summed E-state index contributed by atoms with van der Waals surface area (Å²) < 4.78 is 0. The molecule has 2 rings (SSSR count). The fourth-order valence-corrected chi connectivity index (χ4v) is 1.96. The van der Waals surface area contributed by atoms with Crippen LogP contribution in [0.4, 0.5) is 5.82 Å². The van der Waals surface area contributed by atoms with Gasteiger partial charge in [-0.2, -0.15) is 0 Å². The van der Waals surface area contributed by atoms with Crippen molar-refractivity contribution in [2.45, 2.75) is 6.04 Å². The maximum Gasteiger partial charge on any atom is 0.337 e. The van der Waals surface area contributed by atoms with E-state index in [4.69, 9.17) is 16.7 Å². The maximum atomic E-state index is 11.0. The minimum absolute atomic E-state index is 0.0334. The molecule has 1 atom stereocenters. The highest BCUT2D eigenvalue weighted by molar-refractivity contribution is 6.33. The Bertz CT molecular complexity index is 605. The van der Waals surface area contributed by atoms with Crippen molar-refractivity contribution < 1.29 is 15.0 Å². The number of nitrogens with zero attached hydrogens (tertiary/aromatic N) is 1. The summed E-state index contributed by atoms with van der Waals surface area (Å²) in [5, 5.41) is 21.5. The molecule has 0 radical (unpaired) electrons. The minimum Gasteiger partial charge on any atom is -0.478 e. The average Bonchev–Trinajstić information content (AvgIpc) is 2.47. The largest absolute Gasteiger partial charge is 0.478 e. The molecule has 2 aromatic rings. The molecule has 0 bridgehead atoms. The Labute approximate surface area is 120 Å². The molecule has 6 heteroatoms. The zero-order chi connectivity index (χ0) is 14.5. The normalized spacial score (nSPS) is 11.9. The number of aliphatic hydroxyl groups is 1. The van der Waals surface area contributed by atoms with Gasteiger partial charge in [0.2, 0.25) is 0 Å². The number of benzene rings is 1. The van der Waals surface area contributed by atoms with E-state index in [2.05, 4.69) is 10.3 Å². The van der Waals surface area contributed by atoms with Gasteiger partial charge in [-0.25, -0.2) is 9.78 Å². The molecule has 5 nitrogen and oxygen atoms in total. The molecule has 0 amide bonds. The highest BCUT2D eigenvalue weighted by Crippen LogP contribution is 2.22. The van der Waals surface area contributed by atoms with E-state index in [1.165, 1.54) is 12.3 Å². The molecule has 1 aromatic carbocycles. The molecule has 104 valence electrons. The first-order valence-corrected chi connectivity index (χ1v) is 6.31.